The fourth-order valence-corrected chi connectivity index (χ4v) is 4.64. The second-order valence-electron chi connectivity index (χ2n) is 5.94. The number of hydrogen-bond donors (Lipinski definition) is 2. The standard InChI is InChI=1S/C17H18N2O4S/c1-11-6-7-15(20)16(8-11)24(22,23)19-10-13(17(18)21)9-12-4-2-3-5-14(12)19/h2-8,13,20H,9-10H2,1H3,(H2,18,21)/t13-/m0/s1. The smallest absolute Gasteiger partial charge is 0.268 e. The van der Waals surface area contributed by atoms with Crippen molar-refractivity contribution in [3.63, 3.8) is 0 Å². The van der Waals surface area contributed by atoms with Gasteiger partial charge in [0.05, 0.1) is 11.6 Å². The van der Waals surface area contributed by atoms with E-state index in [1.807, 2.05) is 0 Å². The maximum Gasteiger partial charge on any atom is 0.268 e. The number of rotatable bonds is 3. The van der Waals surface area contributed by atoms with Crippen LogP contribution < -0.4 is 10.0 Å². The van der Waals surface area contributed by atoms with Crippen LogP contribution in [0.4, 0.5) is 5.69 Å². The van der Waals surface area contributed by atoms with E-state index in [9.17, 15) is 18.3 Å². The van der Waals surface area contributed by atoms with Gasteiger partial charge in [-0.3, -0.25) is 9.10 Å². The lowest BCUT2D eigenvalue weighted by Gasteiger charge is -2.34. The van der Waals surface area contributed by atoms with Crippen LogP contribution in [0.25, 0.3) is 0 Å². The van der Waals surface area contributed by atoms with Gasteiger partial charge in [0.25, 0.3) is 10.0 Å². The fourth-order valence-electron chi connectivity index (χ4n) is 2.92. The molecule has 1 aliphatic rings. The molecule has 1 atom stereocenters. The lowest BCUT2D eigenvalue weighted by molar-refractivity contribution is -0.121. The molecular formula is C17H18N2O4S. The fraction of sp³-hybridized carbons (Fsp3) is 0.235. The molecular weight excluding hydrogens is 328 g/mol. The van der Waals surface area contributed by atoms with Gasteiger partial charge in [0.2, 0.25) is 5.91 Å². The lowest BCUT2D eigenvalue weighted by atomic mass is 9.93. The minimum absolute atomic E-state index is 0.0396. The zero-order chi connectivity index (χ0) is 17.5. The summed E-state index contributed by atoms with van der Waals surface area (Å²) in [5.74, 6) is -1.47. The zero-order valence-corrected chi connectivity index (χ0v) is 14.0. The molecule has 3 N–H and O–H groups in total. The van der Waals surface area contributed by atoms with Crippen LogP contribution in [0.5, 0.6) is 5.75 Å². The van der Waals surface area contributed by atoms with Crippen molar-refractivity contribution < 1.29 is 18.3 Å². The van der Waals surface area contributed by atoms with Crippen molar-refractivity contribution in [2.24, 2.45) is 11.7 Å². The summed E-state index contributed by atoms with van der Waals surface area (Å²) in [7, 11) is -4.02. The van der Waals surface area contributed by atoms with Crippen molar-refractivity contribution in [3.8, 4) is 5.75 Å². The average molecular weight is 346 g/mol. The van der Waals surface area contributed by atoms with E-state index in [-0.39, 0.29) is 17.2 Å². The molecule has 24 heavy (non-hydrogen) atoms. The number of aromatic hydroxyl groups is 1. The molecule has 0 spiro atoms. The number of fused-ring (bicyclic) bond motifs is 1. The largest absolute Gasteiger partial charge is 0.507 e. The number of carbonyl (C=O) groups is 1. The molecule has 0 radical (unpaired) electrons. The van der Waals surface area contributed by atoms with Crippen LogP contribution in [0, 0.1) is 12.8 Å². The first-order valence-electron chi connectivity index (χ1n) is 7.50. The molecule has 1 heterocycles. The highest BCUT2D eigenvalue weighted by molar-refractivity contribution is 7.93. The molecule has 2 aromatic rings. The normalized spacial score (nSPS) is 17.4. The van der Waals surface area contributed by atoms with Gasteiger partial charge in [0.1, 0.15) is 10.6 Å². The summed E-state index contributed by atoms with van der Waals surface area (Å²) in [4.78, 5) is 11.5. The second-order valence-corrected chi connectivity index (χ2v) is 7.77. The Labute approximate surface area is 140 Å². The van der Waals surface area contributed by atoms with Gasteiger partial charge in [-0.2, -0.15) is 0 Å². The first-order chi connectivity index (χ1) is 11.3. The lowest BCUT2D eigenvalue weighted by Crippen LogP contribution is -2.44. The molecule has 0 saturated carbocycles. The molecule has 0 saturated heterocycles. The van der Waals surface area contributed by atoms with E-state index < -0.39 is 21.8 Å². The minimum atomic E-state index is -4.02. The Morgan fingerprint density at radius 3 is 2.67 bits per heavy atom. The van der Waals surface area contributed by atoms with Crippen LogP contribution in [-0.4, -0.2) is 26.0 Å². The maximum absolute atomic E-state index is 13.1. The van der Waals surface area contributed by atoms with Crippen LogP contribution in [0.1, 0.15) is 11.1 Å². The molecule has 6 nitrogen and oxygen atoms in total. The third-order valence-electron chi connectivity index (χ3n) is 4.20. The van der Waals surface area contributed by atoms with Gasteiger partial charge in [0, 0.05) is 6.54 Å². The average Bonchev–Trinajstić information content (AvgIpc) is 2.55. The number of nitrogens with zero attached hydrogens (tertiary/aromatic N) is 1. The number of hydrogen-bond acceptors (Lipinski definition) is 4. The summed E-state index contributed by atoms with van der Waals surface area (Å²) in [6, 6.07) is 11.4. The third-order valence-corrected chi connectivity index (χ3v) is 6.01. The summed E-state index contributed by atoms with van der Waals surface area (Å²) >= 11 is 0. The van der Waals surface area contributed by atoms with E-state index in [4.69, 9.17) is 5.73 Å². The van der Waals surface area contributed by atoms with E-state index >= 15 is 0 Å². The van der Waals surface area contributed by atoms with Crippen molar-refractivity contribution in [2.45, 2.75) is 18.2 Å². The van der Waals surface area contributed by atoms with Gasteiger partial charge < -0.3 is 10.8 Å². The van der Waals surface area contributed by atoms with E-state index in [1.54, 1.807) is 37.3 Å². The van der Waals surface area contributed by atoms with Crippen molar-refractivity contribution in [3.05, 3.63) is 53.6 Å². The van der Waals surface area contributed by atoms with Crippen molar-refractivity contribution in [2.75, 3.05) is 10.8 Å². The number of sulfonamides is 1. The number of anilines is 1. The molecule has 2 aromatic carbocycles. The first kappa shape index (κ1) is 16.3. The Balaban J connectivity index is 2.16. The monoisotopic (exact) mass is 346 g/mol. The Kier molecular flexibility index (Phi) is 3.96. The maximum atomic E-state index is 13.1. The van der Waals surface area contributed by atoms with Crippen molar-refractivity contribution >= 4 is 21.6 Å². The molecule has 0 aliphatic carbocycles. The summed E-state index contributed by atoms with van der Waals surface area (Å²) in [5, 5.41) is 10.0. The van der Waals surface area contributed by atoms with E-state index in [2.05, 4.69) is 0 Å². The molecule has 126 valence electrons. The Hall–Kier alpha value is -2.54. The molecule has 0 unspecified atom stereocenters. The van der Waals surface area contributed by atoms with Gasteiger partial charge in [0.15, 0.2) is 0 Å². The number of para-hydroxylation sites is 1. The quantitative estimate of drug-likeness (QED) is 0.880. The van der Waals surface area contributed by atoms with Gasteiger partial charge in [-0.1, -0.05) is 24.3 Å². The highest BCUT2D eigenvalue weighted by atomic mass is 32.2. The van der Waals surface area contributed by atoms with Gasteiger partial charge >= 0.3 is 0 Å². The highest BCUT2D eigenvalue weighted by Crippen LogP contribution is 2.36. The van der Waals surface area contributed by atoms with Crippen LogP contribution in [-0.2, 0) is 21.2 Å². The number of carbonyl (C=O) groups excluding carboxylic acids is 1. The number of phenolic OH excluding ortho intramolecular Hbond substituents is 1. The Bertz CT molecular complexity index is 909. The van der Waals surface area contributed by atoms with Crippen molar-refractivity contribution in [1.29, 1.82) is 0 Å². The number of amides is 1. The van der Waals surface area contributed by atoms with E-state index in [0.717, 1.165) is 9.87 Å². The SMILES string of the molecule is Cc1ccc(O)c(S(=O)(=O)N2C[C@@H](C(N)=O)Cc3ccccc32)c1. The third kappa shape index (κ3) is 2.71. The summed E-state index contributed by atoms with van der Waals surface area (Å²) in [6.07, 6.45) is 0.400. The molecule has 0 aromatic heterocycles. The van der Waals surface area contributed by atoms with Gasteiger partial charge in [-0.15, -0.1) is 0 Å². The molecule has 1 aliphatic heterocycles. The highest BCUT2D eigenvalue weighted by Gasteiger charge is 2.36. The molecule has 3 rings (SSSR count). The Morgan fingerprint density at radius 2 is 1.96 bits per heavy atom. The summed E-state index contributed by atoms with van der Waals surface area (Å²) < 4.78 is 27.4. The van der Waals surface area contributed by atoms with Gasteiger partial charge in [-0.25, -0.2) is 8.42 Å². The number of aryl methyl sites for hydroxylation is 1. The van der Waals surface area contributed by atoms with Crippen LogP contribution >= 0.6 is 0 Å². The van der Waals surface area contributed by atoms with E-state index in [1.165, 1.54) is 12.1 Å². The molecule has 0 bridgehead atoms. The van der Waals surface area contributed by atoms with Crippen LogP contribution in [0.2, 0.25) is 0 Å². The van der Waals surface area contributed by atoms with Crippen molar-refractivity contribution in [1.82, 2.24) is 0 Å². The number of phenols is 1. The minimum Gasteiger partial charge on any atom is -0.507 e. The predicted octanol–water partition coefficient (Wildman–Crippen LogP) is 1.55. The zero-order valence-electron chi connectivity index (χ0n) is 13.1. The number of benzene rings is 2. The Morgan fingerprint density at radius 1 is 1.25 bits per heavy atom. The van der Waals surface area contributed by atoms with Crippen LogP contribution in [0.15, 0.2) is 47.4 Å². The molecule has 0 fully saturated rings. The van der Waals surface area contributed by atoms with Gasteiger partial charge in [-0.05, 0) is 42.7 Å². The number of primary amides is 1. The topological polar surface area (TPSA) is 101 Å². The second kappa shape index (κ2) is 5.83. The predicted molar refractivity (Wildman–Crippen MR) is 90.2 cm³/mol. The van der Waals surface area contributed by atoms with Crippen LogP contribution in [0.3, 0.4) is 0 Å². The summed E-state index contributed by atoms with van der Waals surface area (Å²) in [5.41, 5.74) is 7.37. The first-order valence-corrected chi connectivity index (χ1v) is 8.94. The molecule has 7 heteroatoms. The summed E-state index contributed by atoms with van der Waals surface area (Å²) in [6.45, 7) is 1.71. The van der Waals surface area contributed by atoms with E-state index in [0.29, 0.717) is 17.7 Å². The molecule has 1 amide bonds. The number of nitrogens with two attached hydrogens (primary N) is 1.